The van der Waals surface area contributed by atoms with Crippen LogP contribution in [0.25, 0.3) is 10.6 Å². The van der Waals surface area contributed by atoms with Crippen LogP contribution in [-0.4, -0.2) is 4.98 Å². The smallest absolute Gasteiger partial charge is 0.137 e. The fourth-order valence-corrected chi connectivity index (χ4v) is 3.16. The van der Waals surface area contributed by atoms with E-state index in [1.807, 2.05) is 17.5 Å². The van der Waals surface area contributed by atoms with E-state index in [0.29, 0.717) is 23.8 Å². The second-order valence-electron chi connectivity index (χ2n) is 5.82. The molecule has 1 aromatic heterocycles. The summed E-state index contributed by atoms with van der Waals surface area (Å²) in [5.41, 5.74) is 3.85. The second kappa shape index (κ2) is 7.29. The van der Waals surface area contributed by atoms with E-state index in [1.165, 1.54) is 5.56 Å². The first-order chi connectivity index (χ1) is 11.7. The van der Waals surface area contributed by atoms with Crippen LogP contribution in [0, 0.1) is 11.3 Å². The maximum absolute atomic E-state index is 9.09. The van der Waals surface area contributed by atoms with Gasteiger partial charge in [0, 0.05) is 10.9 Å². The van der Waals surface area contributed by atoms with Gasteiger partial charge in [0.25, 0.3) is 0 Å². The monoisotopic (exact) mass is 334 g/mol. The molecular formula is C20H18N2OS. The molecule has 0 radical (unpaired) electrons. The molecule has 3 nitrogen and oxygen atoms in total. The lowest BCUT2D eigenvalue weighted by Crippen LogP contribution is -1.97. The number of hydrogen-bond acceptors (Lipinski definition) is 4. The summed E-state index contributed by atoms with van der Waals surface area (Å²) < 4.78 is 5.74. The molecule has 4 heteroatoms. The number of thiazole rings is 1. The maximum Gasteiger partial charge on any atom is 0.137 e. The van der Waals surface area contributed by atoms with Crippen molar-refractivity contribution in [3.05, 3.63) is 70.7 Å². The molecule has 2 aromatic carbocycles. The molecule has 120 valence electrons. The quantitative estimate of drug-likeness (QED) is 0.629. The van der Waals surface area contributed by atoms with Crippen LogP contribution in [0.3, 0.4) is 0 Å². The fourth-order valence-electron chi connectivity index (χ4n) is 2.35. The molecule has 24 heavy (non-hydrogen) atoms. The molecule has 0 bridgehead atoms. The number of ether oxygens (including phenoxy) is 1. The van der Waals surface area contributed by atoms with Crippen LogP contribution < -0.4 is 4.74 Å². The molecule has 0 atom stereocenters. The molecule has 3 rings (SSSR count). The summed E-state index contributed by atoms with van der Waals surface area (Å²) in [5.74, 6) is 1.12. The van der Waals surface area contributed by atoms with Gasteiger partial charge in [0.15, 0.2) is 0 Å². The maximum atomic E-state index is 9.09. The van der Waals surface area contributed by atoms with Gasteiger partial charge >= 0.3 is 0 Å². The second-order valence-corrected chi connectivity index (χ2v) is 6.68. The van der Waals surface area contributed by atoms with Crippen LogP contribution in [0.4, 0.5) is 0 Å². The standard InChI is InChI=1S/C20H18N2OS/c1-14(2)15-7-9-16(10-8-15)20-22-18(13-24-20)12-23-19-6-4-3-5-17(19)11-21/h3-10,13-14H,12H2,1-2H3. The third kappa shape index (κ3) is 3.64. The molecular weight excluding hydrogens is 316 g/mol. The van der Waals surface area contributed by atoms with E-state index in [-0.39, 0.29) is 0 Å². The minimum Gasteiger partial charge on any atom is -0.486 e. The van der Waals surface area contributed by atoms with Gasteiger partial charge in [0.1, 0.15) is 23.4 Å². The Hall–Kier alpha value is -2.64. The number of hydrogen-bond donors (Lipinski definition) is 0. The number of nitriles is 1. The summed E-state index contributed by atoms with van der Waals surface area (Å²) in [4.78, 5) is 4.64. The number of benzene rings is 2. The molecule has 0 saturated carbocycles. The highest BCUT2D eigenvalue weighted by molar-refractivity contribution is 7.13. The van der Waals surface area contributed by atoms with E-state index in [0.717, 1.165) is 16.3 Å². The van der Waals surface area contributed by atoms with E-state index in [2.05, 4.69) is 49.2 Å². The SMILES string of the molecule is CC(C)c1ccc(-c2nc(COc3ccccc3C#N)cs2)cc1. The molecule has 0 fully saturated rings. The predicted molar refractivity (Wildman–Crippen MR) is 97.1 cm³/mol. The zero-order valence-corrected chi connectivity index (χ0v) is 14.5. The molecule has 0 unspecified atom stereocenters. The van der Waals surface area contributed by atoms with Crippen molar-refractivity contribution in [1.29, 1.82) is 5.26 Å². The van der Waals surface area contributed by atoms with E-state index < -0.39 is 0 Å². The van der Waals surface area contributed by atoms with Crippen molar-refractivity contribution < 1.29 is 4.74 Å². The Balaban J connectivity index is 1.70. The van der Waals surface area contributed by atoms with Crippen molar-refractivity contribution in [2.45, 2.75) is 26.4 Å². The van der Waals surface area contributed by atoms with Crippen LogP contribution in [-0.2, 0) is 6.61 Å². The Morgan fingerprint density at radius 2 is 1.88 bits per heavy atom. The summed E-state index contributed by atoms with van der Waals surface area (Å²) in [7, 11) is 0. The van der Waals surface area contributed by atoms with Gasteiger partial charge in [0.2, 0.25) is 0 Å². The predicted octanol–water partition coefficient (Wildman–Crippen LogP) is 5.38. The van der Waals surface area contributed by atoms with Crippen LogP contribution in [0.5, 0.6) is 5.75 Å². The van der Waals surface area contributed by atoms with Crippen molar-refractivity contribution in [2.24, 2.45) is 0 Å². The van der Waals surface area contributed by atoms with E-state index in [4.69, 9.17) is 10.00 Å². The number of nitrogens with zero attached hydrogens (tertiary/aromatic N) is 2. The lowest BCUT2D eigenvalue weighted by molar-refractivity contribution is 0.301. The summed E-state index contributed by atoms with van der Waals surface area (Å²) in [6.07, 6.45) is 0. The molecule has 3 aromatic rings. The van der Waals surface area contributed by atoms with Gasteiger partial charge in [-0.15, -0.1) is 11.3 Å². The summed E-state index contributed by atoms with van der Waals surface area (Å²) in [5, 5.41) is 12.1. The fraction of sp³-hybridized carbons (Fsp3) is 0.200. The number of aromatic nitrogens is 1. The molecule has 1 heterocycles. The summed E-state index contributed by atoms with van der Waals surface area (Å²) >= 11 is 1.61. The zero-order valence-electron chi connectivity index (χ0n) is 13.7. The highest BCUT2D eigenvalue weighted by atomic mass is 32.1. The van der Waals surface area contributed by atoms with Gasteiger partial charge in [-0.05, 0) is 23.6 Å². The summed E-state index contributed by atoms with van der Waals surface area (Å²) in [6, 6.07) is 17.9. The third-order valence-electron chi connectivity index (χ3n) is 3.76. The molecule has 0 aliphatic heterocycles. The van der Waals surface area contributed by atoms with Crippen LogP contribution in [0.1, 0.15) is 36.6 Å². The first-order valence-corrected chi connectivity index (χ1v) is 8.72. The molecule has 0 amide bonds. The summed E-state index contributed by atoms with van der Waals surface area (Å²) in [6.45, 7) is 4.74. The van der Waals surface area contributed by atoms with Gasteiger partial charge in [-0.3, -0.25) is 0 Å². The van der Waals surface area contributed by atoms with Gasteiger partial charge < -0.3 is 4.74 Å². The molecule has 0 spiro atoms. The van der Waals surface area contributed by atoms with E-state index in [9.17, 15) is 0 Å². The normalized spacial score (nSPS) is 10.6. The topological polar surface area (TPSA) is 45.9 Å². The number of rotatable bonds is 5. The molecule has 0 aliphatic rings. The Kier molecular flexibility index (Phi) is 4.93. The molecule has 0 N–H and O–H groups in total. The highest BCUT2D eigenvalue weighted by Crippen LogP contribution is 2.26. The molecule has 0 aliphatic carbocycles. The number of para-hydroxylation sites is 1. The van der Waals surface area contributed by atoms with Crippen LogP contribution >= 0.6 is 11.3 Å². The first-order valence-electron chi connectivity index (χ1n) is 7.84. The van der Waals surface area contributed by atoms with Crippen molar-refractivity contribution in [3.8, 4) is 22.4 Å². The zero-order chi connectivity index (χ0) is 16.9. The van der Waals surface area contributed by atoms with Gasteiger partial charge in [-0.1, -0.05) is 50.2 Å². The largest absolute Gasteiger partial charge is 0.486 e. The average Bonchev–Trinajstić information content (AvgIpc) is 3.09. The Labute approximate surface area is 146 Å². The van der Waals surface area contributed by atoms with Gasteiger partial charge in [-0.2, -0.15) is 5.26 Å². The first kappa shape index (κ1) is 16.2. The minimum atomic E-state index is 0.360. The lowest BCUT2D eigenvalue weighted by atomic mass is 10.0. The van der Waals surface area contributed by atoms with Gasteiger partial charge in [0.05, 0.1) is 11.3 Å². The average molecular weight is 334 g/mol. The van der Waals surface area contributed by atoms with E-state index >= 15 is 0 Å². The van der Waals surface area contributed by atoms with Gasteiger partial charge in [-0.25, -0.2) is 4.98 Å². The van der Waals surface area contributed by atoms with E-state index in [1.54, 1.807) is 23.5 Å². The van der Waals surface area contributed by atoms with Crippen molar-refractivity contribution in [2.75, 3.05) is 0 Å². The lowest BCUT2D eigenvalue weighted by Gasteiger charge is -2.06. The van der Waals surface area contributed by atoms with Crippen molar-refractivity contribution in [1.82, 2.24) is 4.98 Å². The minimum absolute atomic E-state index is 0.360. The Bertz CT molecular complexity index is 860. The Morgan fingerprint density at radius 3 is 2.58 bits per heavy atom. The highest BCUT2D eigenvalue weighted by Gasteiger charge is 2.08. The van der Waals surface area contributed by atoms with Crippen molar-refractivity contribution >= 4 is 11.3 Å². The van der Waals surface area contributed by atoms with Crippen LogP contribution in [0.2, 0.25) is 0 Å². The molecule has 0 saturated heterocycles. The Morgan fingerprint density at radius 1 is 1.12 bits per heavy atom. The van der Waals surface area contributed by atoms with Crippen LogP contribution in [0.15, 0.2) is 53.9 Å². The van der Waals surface area contributed by atoms with Crippen molar-refractivity contribution in [3.63, 3.8) is 0 Å². The third-order valence-corrected chi connectivity index (χ3v) is 4.70.